The quantitative estimate of drug-likeness (QED) is 0.829. The maximum Gasteiger partial charge on any atom is 0.253 e. The highest BCUT2D eigenvalue weighted by Crippen LogP contribution is 2.27. The fourth-order valence-electron chi connectivity index (χ4n) is 2.20. The molecule has 2 N–H and O–H groups in total. The fraction of sp³-hybridized carbons (Fsp3) is 0.316. The van der Waals surface area contributed by atoms with Crippen molar-refractivity contribution in [1.29, 1.82) is 0 Å². The van der Waals surface area contributed by atoms with Crippen molar-refractivity contribution in [2.24, 2.45) is 0 Å². The number of benzene rings is 2. The van der Waals surface area contributed by atoms with Gasteiger partial charge >= 0.3 is 0 Å². The molecule has 0 bridgehead atoms. The van der Waals surface area contributed by atoms with Crippen molar-refractivity contribution in [2.45, 2.75) is 19.9 Å². The SMILES string of the molecule is Cc1c(Cl)cccc1Nc1ccccc1C(=O)NCC(C)N(C)C. The van der Waals surface area contributed by atoms with Gasteiger partial charge in [-0.05, 0) is 57.8 Å². The zero-order valence-corrected chi connectivity index (χ0v) is 15.3. The van der Waals surface area contributed by atoms with E-state index in [0.717, 1.165) is 16.9 Å². The van der Waals surface area contributed by atoms with Crippen molar-refractivity contribution in [3.63, 3.8) is 0 Å². The highest BCUT2D eigenvalue weighted by Gasteiger charge is 2.13. The number of carbonyl (C=O) groups is 1. The van der Waals surface area contributed by atoms with Crippen LogP contribution < -0.4 is 10.6 Å². The summed E-state index contributed by atoms with van der Waals surface area (Å²) in [5.41, 5.74) is 3.22. The van der Waals surface area contributed by atoms with Gasteiger partial charge in [0.1, 0.15) is 0 Å². The lowest BCUT2D eigenvalue weighted by atomic mass is 10.1. The third-order valence-corrected chi connectivity index (χ3v) is 4.56. The first-order chi connectivity index (χ1) is 11.4. The Balaban J connectivity index is 2.18. The molecule has 4 nitrogen and oxygen atoms in total. The van der Waals surface area contributed by atoms with Crippen LogP contribution in [0.3, 0.4) is 0 Å². The van der Waals surface area contributed by atoms with Crippen LogP contribution in [0.4, 0.5) is 11.4 Å². The highest BCUT2D eigenvalue weighted by atomic mass is 35.5. The van der Waals surface area contributed by atoms with Crippen LogP contribution in [0, 0.1) is 6.92 Å². The number of hydrogen-bond acceptors (Lipinski definition) is 3. The first-order valence-corrected chi connectivity index (χ1v) is 8.33. The number of anilines is 2. The Labute approximate surface area is 148 Å². The van der Waals surface area contributed by atoms with E-state index >= 15 is 0 Å². The molecule has 0 aliphatic carbocycles. The van der Waals surface area contributed by atoms with Crippen LogP contribution in [0.15, 0.2) is 42.5 Å². The Kier molecular flexibility index (Phi) is 6.23. The molecular weight excluding hydrogens is 322 g/mol. The van der Waals surface area contributed by atoms with E-state index in [1.165, 1.54) is 0 Å². The predicted molar refractivity (Wildman–Crippen MR) is 101 cm³/mol. The van der Waals surface area contributed by atoms with Gasteiger partial charge in [0.05, 0.1) is 11.3 Å². The molecule has 5 heteroatoms. The Hall–Kier alpha value is -2.04. The van der Waals surface area contributed by atoms with Crippen LogP contribution in [-0.2, 0) is 0 Å². The molecule has 1 unspecified atom stereocenters. The molecule has 2 aromatic carbocycles. The standard InChI is InChI=1S/C19H24ClN3O/c1-13(23(3)4)12-21-19(24)15-8-5-6-10-18(15)22-17-11-7-9-16(20)14(17)2/h5-11,13,22H,12H2,1-4H3,(H,21,24). The number of hydrogen-bond donors (Lipinski definition) is 2. The lowest BCUT2D eigenvalue weighted by molar-refractivity contribution is 0.0944. The number of likely N-dealkylation sites (N-methyl/N-ethyl adjacent to an activating group) is 1. The van der Waals surface area contributed by atoms with E-state index in [4.69, 9.17) is 11.6 Å². The molecular formula is C19H24ClN3O. The molecule has 0 fully saturated rings. The van der Waals surface area contributed by atoms with Crippen LogP contribution >= 0.6 is 11.6 Å². The number of nitrogens with zero attached hydrogens (tertiary/aromatic N) is 1. The van der Waals surface area contributed by atoms with Gasteiger partial charge < -0.3 is 15.5 Å². The first kappa shape index (κ1) is 18.3. The molecule has 2 aromatic rings. The minimum absolute atomic E-state index is 0.0912. The molecule has 0 heterocycles. The normalized spacial score (nSPS) is 12.1. The predicted octanol–water partition coefficient (Wildman–Crippen LogP) is 4.07. The van der Waals surface area contributed by atoms with Gasteiger partial charge in [-0.15, -0.1) is 0 Å². The first-order valence-electron chi connectivity index (χ1n) is 7.96. The summed E-state index contributed by atoms with van der Waals surface area (Å²) in [6, 6.07) is 13.4. The van der Waals surface area contributed by atoms with Crippen molar-refractivity contribution < 1.29 is 4.79 Å². The summed E-state index contributed by atoms with van der Waals surface area (Å²) in [6.07, 6.45) is 0. The third-order valence-electron chi connectivity index (χ3n) is 4.15. The number of rotatable bonds is 6. The largest absolute Gasteiger partial charge is 0.355 e. The summed E-state index contributed by atoms with van der Waals surface area (Å²) in [5, 5.41) is 7.00. The molecule has 128 valence electrons. The monoisotopic (exact) mass is 345 g/mol. The zero-order valence-electron chi connectivity index (χ0n) is 14.6. The summed E-state index contributed by atoms with van der Waals surface area (Å²) in [4.78, 5) is 14.6. The van der Waals surface area contributed by atoms with Crippen LogP contribution in [0.25, 0.3) is 0 Å². The molecule has 0 aliphatic heterocycles. The van der Waals surface area contributed by atoms with E-state index < -0.39 is 0 Å². The maximum absolute atomic E-state index is 12.5. The van der Waals surface area contributed by atoms with Gasteiger partial charge in [-0.25, -0.2) is 0 Å². The molecule has 0 aliphatic rings. The average Bonchev–Trinajstić information content (AvgIpc) is 2.57. The van der Waals surface area contributed by atoms with E-state index in [1.54, 1.807) is 0 Å². The molecule has 0 aromatic heterocycles. The zero-order chi connectivity index (χ0) is 17.7. The Morgan fingerprint density at radius 1 is 1.12 bits per heavy atom. The number of nitrogens with one attached hydrogen (secondary N) is 2. The van der Waals surface area contributed by atoms with E-state index in [9.17, 15) is 4.79 Å². The van der Waals surface area contributed by atoms with Crippen molar-refractivity contribution in [3.8, 4) is 0 Å². The van der Waals surface area contributed by atoms with Crippen molar-refractivity contribution in [3.05, 3.63) is 58.6 Å². The van der Waals surface area contributed by atoms with Crippen molar-refractivity contribution in [1.82, 2.24) is 10.2 Å². The Bertz CT molecular complexity index is 716. The summed E-state index contributed by atoms with van der Waals surface area (Å²) < 4.78 is 0. The molecule has 1 atom stereocenters. The van der Waals surface area contributed by atoms with E-state index in [2.05, 4.69) is 22.5 Å². The van der Waals surface area contributed by atoms with Crippen LogP contribution in [-0.4, -0.2) is 37.5 Å². The second-order valence-electron chi connectivity index (χ2n) is 6.11. The van der Waals surface area contributed by atoms with Gasteiger partial charge in [0.25, 0.3) is 5.91 Å². The van der Waals surface area contributed by atoms with Gasteiger partial charge in [-0.1, -0.05) is 29.8 Å². The second kappa shape index (κ2) is 8.18. The topological polar surface area (TPSA) is 44.4 Å². The molecule has 2 rings (SSSR count). The second-order valence-corrected chi connectivity index (χ2v) is 6.51. The van der Waals surface area contributed by atoms with Crippen LogP contribution in [0.1, 0.15) is 22.8 Å². The summed E-state index contributed by atoms with van der Waals surface area (Å²) in [5.74, 6) is -0.0912. The van der Waals surface area contributed by atoms with E-state index in [-0.39, 0.29) is 11.9 Å². The highest BCUT2D eigenvalue weighted by molar-refractivity contribution is 6.31. The van der Waals surface area contributed by atoms with Gasteiger partial charge in [-0.3, -0.25) is 4.79 Å². The number of para-hydroxylation sites is 1. The number of amides is 1. The summed E-state index contributed by atoms with van der Waals surface area (Å²) in [6.45, 7) is 4.61. The lowest BCUT2D eigenvalue weighted by Gasteiger charge is -2.20. The molecule has 24 heavy (non-hydrogen) atoms. The Morgan fingerprint density at radius 3 is 2.50 bits per heavy atom. The molecule has 0 radical (unpaired) electrons. The smallest absolute Gasteiger partial charge is 0.253 e. The van der Waals surface area contributed by atoms with Crippen LogP contribution in [0.5, 0.6) is 0 Å². The minimum Gasteiger partial charge on any atom is -0.355 e. The summed E-state index contributed by atoms with van der Waals surface area (Å²) in [7, 11) is 3.99. The lowest BCUT2D eigenvalue weighted by Crippen LogP contribution is -2.38. The average molecular weight is 346 g/mol. The van der Waals surface area contributed by atoms with Crippen molar-refractivity contribution in [2.75, 3.05) is 26.0 Å². The molecule has 0 saturated heterocycles. The van der Waals surface area contributed by atoms with Gasteiger partial charge in [-0.2, -0.15) is 0 Å². The van der Waals surface area contributed by atoms with Gasteiger partial charge in [0.15, 0.2) is 0 Å². The van der Waals surface area contributed by atoms with E-state index in [1.807, 2.05) is 63.5 Å². The van der Waals surface area contributed by atoms with Gasteiger partial charge in [0, 0.05) is 23.3 Å². The molecule has 0 saturated carbocycles. The van der Waals surface area contributed by atoms with Crippen molar-refractivity contribution >= 4 is 28.9 Å². The van der Waals surface area contributed by atoms with Gasteiger partial charge in [0.2, 0.25) is 0 Å². The van der Waals surface area contributed by atoms with E-state index in [0.29, 0.717) is 17.1 Å². The number of carbonyl (C=O) groups excluding carboxylic acids is 1. The van der Waals surface area contributed by atoms with Crippen LogP contribution in [0.2, 0.25) is 5.02 Å². The molecule has 1 amide bonds. The minimum atomic E-state index is -0.0912. The molecule has 0 spiro atoms. The summed E-state index contributed by atoms with van der Waals surface area (Å²) >= 11 is 6.17. The fourth-order valence-corrected chi connectivity index (χ4v) is 2.37. The maximum atomic E-state index is 12.5. The third kappa shape index (κ3) is 4.49. The number of halogens is 1. The Morgan fingerprint density at radius 2 is 1.79 bits per heavy atom.